The van der Waals surface area contributed by atoms with Gasteiger partial charge in [-0.25, -0.2) is 0 Å². The maximum atomic E-state index is 5.92. The van der Waals surface area contributed by atoms with E-state index in [1.807, 2.05) is 12.1 Å². The number of furan rings is 1. The molecule has 1 saturated heterocycles. The van der Waals surface area contributed by atoms with Gasteiger partial charge in [-0.1, -0.05) is 6.92 Å². The molecule has 2 heterocycles. The Bertz CT molecular complexity index is 318. The van der Waals surface area contributed by atoms with E-state index < -0.39 is 0 Å². The summed E-state index contributed by atoms with van der Waals surface area (Å²) in [6.07, 6.45) is 4.03. The number of piperidine rings is 1. The van der Waals surface area contributed by atoms with Crippen molar-refractivity contribution in [3.05, 3.63) is 24.2 Å². The second-order valence-corrected chi connectivity index (χ2v) is 5.13. The first kappa shape index (κ1) is 13.6. The van der Waals surface area contributed by atoms with Crippen molar-refractivity contribution in [1.29, 1.82) is 0 Å². The summed E-state index contributed by atoms with van der Waals surface area (Å²) in [5, 5.41) is 0. The molecule has 1 aliphatic heterocycles. The lowest BCUT2D eigenvalue weighted by molar-refractivity contribution is 0.168. The monoisotopic (exact) mass is 251 g/mol. The van der Waals surface area contributed by atoms with E-state index in [0.717, 1.165) is 57.9 Å². The van der Waals surface area contributed by atoms with Crippen LogP contribution in [0.4, 0.5) is 0 Å². The first-order chi connectivity index (χ1) is 8.78. The molecule has 2 N–H and O–H groups in total. The smallest absolute Gasteiger partial charge is 0.117 e. The van der Waals surface area contributed by atoms with Crippen LogP contribution >= 0.6 is 0 Å². The average Bonchev–Trinajstić information content (AvgIpc) is 2.89. The molecule has 18 heavy (non-hydrogen) atoms. The van der Waals surface area contributed by atoms with Crippen molar-refractivity contribution in [3.8, 4) is 0 Å². The second kappa shape index (κ2) is 6.92. The Labute approximate surface area is 110 Å². The van der Waals surface area contributed by atoms with E-state index in [-0.39, 0.29) is 0 Å². The zero-order valence-electron chi connectivity index (χ0n) is 11.3. The molecule has 102 valence electrons. The fraction of sp³-hybridized carbons (Fsp3) is 0.714. The third kappa shape index (κ3) is 4.12. The molecule has 0 spiro atoms. The van der Waals surface area contributed by atoms with Crippen molar-refractivity contribution in [2.75, 3.05) is 32.7 Å². The maximum absolute atomic E-state index is 5.92. The molecule has 1 fully saturated rings. The topological polar surface area (TPSA) is 45.6 Å². The van der Waals surface area contributed by atoms with Crippen LogP contribution in [0, 0.1) is 0 Å². The number of rotatable bonds is 6. The molecule has 0 bridgehead atoms. The highest BCUT2D eigenvalue weighted by Gasteiger charge is 2.16. The van der Waals surface area contributed by atoms with Crippen LogP contribution in [0.15, 0.2) is 22.8 Å². The molecule has 0 unspecified atom stereocenters. The van der Waals surface area contributed by atoms with Gasteiger partial charge in [-0.15, -0.1) is 0 Å². The van der Waals surface area contributed by atoms with Gasteiger partial charge in [0.05, 0.1) is 12.8 Å². The highest BCUT2D eigenvalue weighted by atomic mass is 16.3. The van der Waals surface area contributed by atoms with Crippen LogP contribution in [-0.4, -0.2) is 48.6 Å². The van der Waals surface area contributed by atoms with Gasteiger partial charge in [0.15, 0.2) is 0 Å². The molecule has 0 atom stereocenters. The molecule has 0 aromatic carbocycles. The minimum Gasteiger partial charge on any atom is -0.468 e. The Morgan fingerprint density at radius 3 is 2.83 bits per heavy atom. The fourth-order valence-electron chi connectivity index (χ4n) is 2.43. The van der Waals surface area contributed by atoms with Gasteiger partial charge in [-0.2, -0.15) is 0 Å². The molecule has 1 aliphatic rings. The summed E-state index contributed by atoms with van der Waals surface area (Å²) in [4.78, 5) is 4.95. The van der Waals surface area contributed by atoms with E-state index in [4.69, 9.17) is 10.2 Å². The van der Waals surface area contributed by atoms with Crippen molar-refractivity contribution in [3.63, 3.8) is 0 Å². The highest BCUT2D eigenvalue weighted by molar-refractivity contribution is 4.97. The van der Waals surface area contributed by atoms with Crippen molar-refractivity contribution in [1.82, 2.24) is 9.80 Å². The van der Waals surface area contributed by atoms with Crippen LogP contribution in [0.1, 0.15) is 25.5 Å². The lowest BCUT2D eigenvalue weighted by atomic mass is 10.1. The minimum absolute atomic E-state index is 0.423. The normalized spacial score (nSPS) is 18.6. The minimum atomic E-state index is 0.423. The molecule has 1 aromatic heterocycles. The molecule has 4 heteroatoms. The molecule has 4 nitrogen and oxygen atoms in total. The van der Waals surface area contributed by atoms with Crippen LogP contribution in [0.3, 0.4) is 0 Å². The maximum Gasteiger partial charge on any atom is 0.117 e. The van der Waals surface area contributed by atoms with E-state index in [1.54, 1.807) is 6.26 Å². The number of likely N-dealkylation sites (N-methyl/N-ethyl adjacent to an activating group) is 1. The SMILES string of the molecule is CCN(CCN1CCC(N)CC1)Cc1ccco1. The van der Waals surface area contributed by atoms with E-state index >= 15 is 0 Å². The Hall–Kier alpha value is -0.840. The van der Waals surface area contributed by atoms with Gasteiger partial charge in [0, 0.05) is 19.1 Å². The highest BCUT2D eigenvalue weighted by Crippen LogP contribution is 2.09. The molecule has 1 aromatic rings. The van der Waals surface area contributed by atoms with Crippen molar-refractivity contribution in [2.24, 2.45) is 5.73 Å². The molecule has 0 saturated carbocycles. The summed E-state index contributed by atoms with van der Waals surface area (Å²) >= 11 is 0. The quantitative estimate of drug-likeness (QED) is 0.833. The number of nitrogens with two attached hydrogens (primary N) is 1. The lowest BCUT2D eigenvalue weighted by Gasteiger charge is -2.31. The van der Waals surface area contributed by atoms with Gasteiger partial charge in [-0.3, -0.25) is 4.90 Å². The van der Waals surface area contributed by atoms with Crippen molar-refractivity contribution >= 4 is 0 Å². The molecule has 0 aliphatic carbocycles. The summed E-state index contributed by atoms with van der Waals surface area (Å²) in [5.74, 6) is 1.05. The van der Waals surface area contributed by atoms with E-state index in [2.05, 4.69) is 16.7 Å². The Kier molecular flexibility index (Phi) is 5.23. The van der Waals surface area contributed by atoms with Crippen LogP contribution in [-0.2, 0) is 6.54 Å². The Morgan fingerprint density at radius 1 is 1.44 bits per heavy atom. The van der Waals surface area contributed by atoms with Gasteiger partial charge in [-0.05, 0) is 44.6 Å². The van der Waals surface area contributed by atoms with Crippen LogP contribution < -0.4 is 5.73 Å². The third-order valence-electron chi connectivity index (χ3n) is 3.77. The van der Waals surface area contributed by atoms with Crippen molar-refractivity contribution in [2.45, 2.75) is 32.4 Å². The van der Waals surface area contributed by atoms with Crippen LogP contribution in [0.2, 0.25) is 0 Å². The summed E-state index contributed by atoms with van der Waals surface area (Å²) in [6.45, 7) is 8.73. The molecular formula is C14H25N3O. The first-order valence-electron chi connectivity index (χ1n) is 7.00. The van der Waals surface area contributed by atoms with Gasteiger partial charge < -0.3 is 15.1 Å². The summed E-state index contributed by atoms with van der Waals surface area (Å²) in [6, 6.07) is 4.42. The largest absolute Gasteiger partial charge is 0.468 e. The lowest BCUT2D eigenvalue weighted by Crippen LogP contribution is -2.43. The standard InChI is InChI=1S/C14H25N3O/c1-2-16(12-14-4-3-11-18-14)9-10-17-7-5-13(15)6-8-17/h3-4,11,13H,2,5-10,12,15H2,1H3. The predicted octanol–water partition coefficient (Wildman–Crippen LogP) is 1.52. The van der Waals surface area contributed by atoms with Gasteiger partial charge >= 0.3 is 0 Å². The van der Waals surface area contributed by atoms with Gasteiger partial charge in [0.1, 0.15) is 5.76 Å². The fourth-order valence-corrected chi connectivity index (χ4v) is 2.43. The first-order valence-corrected chi connectivity index (χ1v) is 7.00. The zero-order valence-corrected chi connectivity index (χ0v) is 11.3. The van der Waals surface area contributed by atoms with E-state index in [9.17, 15) is 0 Å². The van der Waals surface area contributed by atoms with Crippen LogP contribution in [0.5, 0.6) is 0 Å². The molecule has 0 amide bonds. The summed E-state index contributed by atoms with van der Waals surface area (Å²) < 4.78 is 5.40. The van der Waals surface area contributed by atoms with Crippen molar-refractivity contribution < 1.29 is 4.42 Å². The van der Waals surface area contributed by atoms with E-state index in [1.165, 1.54) is 0 Å². The van der Waals surface area contributed by atoms with Gasteiger partial charge in [0.2, 0.25) is 0 Å². The number of likely N-dealkylation sites (tertiary alicyclic amines) is 1. The predicted molar refractivity (Wildman–Crippen MR) is 73.3 cm³/mol. The summed E-state index contributed by atoms with van der Waals surface area (Å²) in [7, 11) is 0. The van der Waals surface area contributed by atoms with E-state index in [0.29, 0.717) is 6.04 Å². The van der Waals surface area contributed by atoms with Crippen LogP contribution in [0.25, 0.3) is 0 Å². The number of hydrogen-bond acceptors (Lipinski definition) is 4. The average molecular weight is 251 g/mol. The molecule has 2 rings (SSSR count). The zero-order chi connectivity index (χ0) is 12.8. The Balaban J connectivity index is 1.70. The second-order valence-electron chi connectivity index (χ2n) is 5.13. The molecular weight excluding hydrogens is 226 g/mol. The number of hydrogen-bond donors (Lipinski definition) is 1. The number of nitrogens with zero attached hydrogens (tertiary/aromatic N) is 2. The molecule has 0 radical (unpaired) electrons. The van der Waals surface area contributed by atoms with Gasteiger partial charge in [0.25, 0.3) is 0 Å². The summed E-state index contributed by atoms with van der Waals surface area (Å²) in [5.41, 5.74) is 5.92. The third-order valence-corrected chi connectivity index (χ3v) is 3.77. The Morgan fingerprint density at radius 2 is 2.22 bits per heavy atom.